The van der Waals surface area contributed by atoms with Crippen LogP contribution in [0.5, 0.6) is 0 Å². The van der Waals surface area contributed by atoms with Crippen molar-refractivity contribution in [3.8, 4) is 11.3 Å². The molecule has 0 N–H and O–H groups in total. The van der Waals surface area contributed by atoms with Crippen molar-refractivity contribution in [2.24, 2.45) is 7.05 Å². The van der Waals surface area contributed by atoms with Crippen molar-refractivity contribution in [3.63, 3.8) is 0 Å². The van der Waals surface area contributed by atoms with Gasteiger partial charge in [0, 0.05) is 62.1 Å². The van der Waals surface area contributed by atoms with E-state index in [4.69, 9.17) is 4.98 Å². The summed E-state index contributed by atoms with van der Waals surface area (Å²) < 4.78 is 2.02. The standard InChI is InChI=1S/C22H21N7O/c1-28-14-26-21-19(28)11-17(27-20(21)16-3-2-6-23-12-16)15-4-9-29(10-5-15)22(30)18-13-24-7-8-25-18/h2-3,6-8,11-15H,4-5,9-10H2,1H3. The Morgan fingerprint density at radius 2 is 1.90 bits per heavy atom. The first-order chi connectivity index (χ1) is 14.7. The van der Waals surface area contributed by atoms with Gasteiger partial charge in [-0.1, -0.05) is 0 Å². The molecule has 5 rings (SSSR count). The molecule has 8 heteroatoms. The molecule has 0 spiro atoms. The molecule has 0 bridgehead atoms. The van der Waals surface area contributed by atoms with Crippen LogP contribution >= 0.6 is 0 Å². The minimum Gasteiger partial charge on any atom is -0.337 e. The lowest BCUT2D eigenvalue weighted by Crippen LogP contribution is -2.38. The predicted octanol–water partition coefficient (Wildman–Crippen LogP) is 2.84. The number of nitrogens with zero attached hydrogens (tertiary/aromatic N) is 7. The SMILES string of the molecule is Cn1cnc2c(-c3cccnc3)nc(C3CCN(C(=O)c4cnccn4)CC3)cc21. The van der Waals surface area contributed by atoms with Gasteiger partial charge in [-0.05, 0) is 31.0 Å². The zero-order valence-electron chi connectivity index (χ0n) is 16.6. The van der Waals surface area contributed by atoms with Crippen LogP contribution in [0.2, 0.25) is 0 Å². The summed E-state index contributed by atoms with van der Waals surface area (Å²) in [5.41, 5.74) is 5.18. The third-order valence-electron chi connectivity index (χ3n) is 5.65. The summed E-state index contributed by atoms with van der Waals surface area (Å²) >= 11 is 0. The van der Waals surface area contributed by atoms with E-state index in [1.807, 2.05) is 41.2 Å². The number of aromatic nitrogens is 6. The average Bonchev–Trinajstić information content (AvgIpc) is 3.20. The second-order valence-corrected chi connectivity index (χ2v) is 7.52. The van der Waals surface area contributed by atoms with E-state index in [0.29, 0.717) is 18.8 Å². The molecule has 1 fully saturated rings. The van der Waals surface area contributed by atoms with E-state index in [-0.39, 0.29) is 11.8 Å². The number of carbonyl (C=O) groups excluding carboxylic acids is 1. The Morgan fingerprint density at radius 3 is 2.63 bits per heavy atom. The number of aryl methyl sites for hydroxylation is 1. The number of amides is 1. The molecule has 0 saturated carbocycles. The molecule has 1 aliphatic rings. The Morgan fingerprint density at radius 1 is 1.07 bits per heavy atom. The van der Waals surface area contributed by atoms with E-state index in [9.17, 15) is 4.79 Å². The highest BCUT2D eigenvalue weighted by Gasteiger charge is 2.27. The quantitative estimate of drug-likeness (QED) is 0.526. The summed E-state index contributed by atoms with van der Waals surface area (Å²) in [6.07, 6.45) is 11.7. The fraction of sp³-hybridized carbons (Fsp3) is 0.273. The molecule has 0 radical (unpaired) electrons. The highest BCUT2D eigenvalue weighted by molar-refractivity contribution is 5.92. The molecule has 1 aliphatic heterocycles. The molecule has 0 unspecified atom stereocenters. The Hall–Kier alpha value is -3.68. The fourth-order valence-electron chi connectivity index (χ4n) is 4.01. The highest BCUT2D eigenvalue weighted by atomic mass is 16.2. The van der Waals surface area contributed by atoms with E-state index in [1.54, 1.807) is 18.6 Å². The van der Waals surface area contributed by atoms with Gasteiger partial charge in [-0.3, -0.25) is 19.7 Å². The highest BCUT2D eigenvalue weighted by Crippen LogP contribution is 2.33. The van der Waals surface area contributed by atoms with Crippen LogP contribution in [-0.2, 0) is 7.05 Å². The second-order valence-electron chi connectivity index (χ2n) is 7.52. The number of carbonyl (C=O) groups is 1. The lowest BCUT2D eigenvalue weighted by atomic mass is 9.92. The van der Waals surface area contributed by atoms with Crippen LogP contribution in [0.4, 0.5) is 0 Å². The van der Waals surface area contributed by atoms with Crippen LogP contribution in [0.3, 0.4) is 0 Å². The number of imidazole rings is 1. The first-order valence-corrected chi connectivity index (χ1v) is 9.98. The van der Waals surface area contributed by atoms with Crippen molar-refractivity contribution < 1.29 is 4.79 Å². The van der Waals surface area contributed by atoms with Crippen LogP contribution in [0, 0.1) is 0 Å². The number of rotatable bonds is 3. The van der Waals surface area contributed by atoms with Gasteiger partial charge in [0.2, 0.25) is 0 Å². The summed E-state index contributed by atoms with van der Waals surface area (Å²) in [5, 5.41) is 0. The second kappa shape index (κ2) is 7.62. The molecule has 4 aromatic heterocycles. The van der Waals surface area contributed by atoms with Gasteiger partial charge in [0.15, 0.2) is 0 Å². The number of likely N-dealkylation sites (tertiary alicyclic amines) is 1. The van der Waals surface area contributed by atoms with Crippen LogP contribution in [-0.4, -0.2) is 53.4 Å². The summed E-state index contributed by atoms with van der Waals surface area (Å²) in [6, 6.07) is 6.05. The molecule has 5 heterocycles. The number of hydrogen-bond donors (Lipinski definition) is 0. The summed E-state index contributed by atoms with van der Waals surface area (Å²) in [6.45, 7) is 1.35. The lowest BCUT2D eigenvalue weighted by Gasteiger charge is -2.31. The third-order valence-corrected chi connectivity index (χ3v) is 5.65. The zero-order chi connectivity index (χ0) is 20.5. The normalized spacial score (nSPS) is 14.9. The molecule has 30 heavy (non-hydrogen) atoms. The number of hydrogen-bond acceptors (Lipinski definition) is 6. The number of fused-ring (bicyclic) bond motifs is 1. The predicted molar refractivity (Wildman–Crippen MR) is 112 cm³/mol. The number of pyridine rings is 2. The fourth-order valence-corrected chi connectivity index (χ4v) is 4.01. The topological polar surface area (TPSA) is 89.7 Å². The van der Waals surface area contributed by atoms with Gasteiger partial charge in [-0.2, -0.15) is 0 Å². The first kappa shape index (κ1) is 18.4. The van der Waals surface area contributed by atoms with Gasteiger partial charge < -0.3 is 9.47 Å². The number of piperidine rings is 1. The Bertz CT molecular complexity index is 1180. The molecular formula is C22H21N7O. The molecular weight excluding hydrogens is 378 g/mol. The molecule has 0 aliphatic carbocycles. The lowest BCUT2D eigenvalue weighted by molar-refractivity contribution is 0.0705. The van der Waals surface area contributed by atoms with Gasteiger partial charge >= 0.3 is 0 Å². The first-order valence-electron chi connectivity index (χ1n) is 9.98. The molecule has 1 amide bonds. The van der Waals surface area contributed by atoms with Gasteiger partial charge in [-0.15, -0.1) is 0 Å². The Kier molecular flexibility index (Phi) is 4.66. The average molecular weight is 399 g/mol. The van der Waals surface area contributed by atoms with Gasteiger partial charge in [0.1, 0.15) is 11.2 Å². The smallest absolute Gasteiger partial charge is 0.274 e. The third kappa shape index (κ3) is 3.30. The maximum absolute atomic E-state index is 12.7. The van der Waals surface area contributed by atoms with Crippen molar-refractivity contribution in [3.05, 3.63) is 66.9 Å². The Labute approximate surface area is 173 Å². The molecule has 0 aromatic carbocycles. The molecule has 0 atom stereocenters. The summed E-state index contributed by atoms with van der Waals surface area (Å²) in [5.74, 6) is 0.221. The van der Waals surface area contributed by atoms with E-state index in [1.165, 1.54) is 6.20 Å². The van der Waals surface area contributed by atoms with E-state index < -0.39 is 0 Å². The van der Waals surface area contributed by atoms with Gasteiger partial charge in [0.05, 0.1) is 23.7 Å². The molecule has 4 aromatic rings. The monoisotopic (exact) mass is 399 g/mol. The van der Waals surface area contributed by atoms with E-state index >= 15 is 0 Å². The largest absolute Gasteiger partial charge is 0.337 e. The van der Waals surface area contributed by atoms with Crippen molar-refractivity contribution in [2.45, 2.75) is 18.8 Å². The van der Waals surface area contributed by atoms with E-state index in [0.717, 1.165) is 40.8 Å². The summed E-state index contributed by atoms with van der Waals surface area (Å²) in [4.78, 5) is 36.4. The van der Waals surface area contributed by atoms with Crippen LogP contribution in [0.1, 0.15) is 34.9 Å². The van der Waals surface area contributed by atoms with Crippen LogP contribution in [0.25, 0.3) is 22.3 Å². The zero-order valence-corrected chi connectivity index (χ0v) is 16.6. The van der Waals surface area contributed by atoms with E-state index in [2.05, 4.69) is 26.0 Å². The van der Waals surface area contributed by atoms with Crippen molar-refractivity contribution in [2.75, 3.05) is 13.1 Å². The minimum atomic E-state index is -0.0624. The summed E-state index contributed by atoms with van der Waals surface area (Å²) in [7, 11) is 1.99. The molecule has 1 saturated heterocycles. The van der Waals surface area contributed by atoms with Crippen LogP contribution in [0.15, 0.2) is 55.5 Å². The Balaban J connectivity index is 1.42. The maximum atomic E-state index is 12.7. The van der Waals surface area contributed by atoms with Gasteiger partial charge in [-0.25, -0.2) is 9.97 Å². The maximum Gasteiger partial charge on any atom is 0.274 e. The van der Waals surface area contributed by atoms with Crippen molar-refractivity contribution in [1.29, 1.82) is 0 Å². The minimum absolute atomic E-state index is 0.0624. The molecule has 150 valence electrons. The van der Waals surface area contributed by atoms with Crippen LogP contribution < -0.4 is 0 Å². The molecule has 8 nitrogen and oxygen atoms in total. The van der Waals surface area contributed by atoms with Crippen molar-refractivity contribution >= 4 is 16.9 Å². The van der Waals surface area contributed by atoms with Gasteiger partial charge in [0.25, 0.3) is 5.91 Å². The van der Waals surface area contributed by atoms with Crippen molar-refractivity contribution in [1.82, 2.24) is 34.4 Å².